The third-order valence-electron chi connectivity index (χ3n) is 6.72. The molecule has 0 aromatic carbocycles. The number of carbonyl (C=O) groups is 1. The van der Waals surface area contributed by atoms with Gasteiger partial charge in [0.15, 0.2) is 0 Å². The van der Waals surface area contributed by atoms with Gasteiger partial charge in [-0.25, -0.2) is 4.79 Å². The van der Waals surface area contributed by atoms with Crippen LogP contribution < -0.4 is 0 Å². The third kappa shape index (κ3) is 1.79. The molecule has 2 bridgehead atoms. The lowest BCUT2D eigenvalue weighted by atomic mass is 9.61. The first-order valence-corrected chi connectivity index (χ1v) is 8.34. The average Bonchev–Trinajstić information content (AvgIpc) is 2.72. The topological polar surface area (TPSA) is 46.5 Å². The van der Waals surface area contributed by atoms with Crippen LogP contribution in [0.5, 0.6) is 0 Å². The first-order valence-electron chi connectivity index (χ1n) is 8.34. The van der Waals surface area contributed by atoms with Gasteiger partial charge in [-0.05, 0) is 67.8 Å². The summed E-state index contributed by atoms with van der Waals surface area (Å²) in [5.41, 5.74) is 0.959. The van der Waals surface area contributed by atoms with Crippen LogP contribution in [0.2, 0.25) is 0 Å². The van der Waals surface area contributed by atoms with Gasteiger partial charge in [0.1, 0.15) is 0 Å². The molecule has 1 N–H and O–H groups in total. The van der Waals surface area contributed by atoms with Crippen molar-refractivity contribution in [1.29, 1.82) is 0 Å². The Morgan fingerprint density at radius 3 is 2.71 bits per heavy atom. The Labute approximate surface area is 127 Å². The number of hydrogen-bond acceptors (Lipinski definition) is 3. The molecule has 118 valence electrons. The van der Waals surface area contributed by atoms with E-state index < -0.39 is 5.60 Å². The molecule has 0 spiro atoms. The quantitative estimate of drug-likeness (QED) is 0.794. The summed E-state index contributed by atoms with van der Waals surface area (Å²) in [6.07, 6.45) is 3.04. The number of hydrogen-bond donors (Lipinski definition) is 1. The zero-order chi connectivity index (χ0) is 15.6. The van der Waals surface area contributed by atoms with Crippen molar-refractivity contribution < 1.29 is 14.6 Å². The monoisotopic (exact) mass is 292 g/mol. The molecule has 0 aliphatic heterocycles. The van der Waals surface area contributed by atoms with E-state index in [9.17, 15) is 9.90 Å². The van der Waals surface area contributed by atoms with Gasteiger partial charge in [-0.3, -0.25) is 0 Å². The third-order valence-corrected chi connectivity index (χ3v) is 6.72. The number of fused-ring (bicyclic) bond motifs is 5. The van der Waals surface area contributed by atoms with E-state index >= 15 is 0 Å². The molecule has 5 atom stereocenters. The fraction of sp³-hybridized carbons (Fsp3) is 0.833. The van der Waals surface area contributed by atoms with Crippen molar-refractivity contribution in [3.05, 3.63) is 11.1 Å². The Morgan fingerprint density at radius 1 is 1.43 bits per heavy atom. The van der Waals surface area contributed by atoms with Crippen LogP contribution in [0.15, 0.2) is 11.1 Å². The molecule has 3 heteroatoms. The Hall–Kier alpha value is -0.830. The Balaban J connectivity index is 2.05. The summed E-state index contributed by atoms with van der Waals surface area (Å²) in [5.74, 6) is 1.30. The number of ether oxygens (including phenoxy) is 1. The highest BCUT2D eigenvalue weighted by Gasteiger charge is 2.67. The molecule has 0 radical (unpaired) electrons. The van der Waals surface area contributed by atoms with Gasteiger partial charge < -0.3 is 9.84 Å². The van der Waals surface area contributed by atoms with Crippen molar-refractivity contribution in [2.75, 3.05) is 6.61 Å². The van der Waals surface area contributed by atoms with Gasteiger partial charge in [0.05, 0.1) is 12.2 Å². The van der Waals surface area contributed by atoms with Gasteiger partial charge in [-0.1, -0.05) is 20.8 Å². The molecule has 0 saturated heterocycles. The Bertz CT molecular complexity index is 505. The second-order valence-electron chi connectivity index (χ2n) is 7.99. The fourth-order valence-corrected chi connectivity index (χ4v) is 5.92. The molecular weight excluding hydrogens is 264 g/mol. The lowest BCUT2D eigenvalue weighted by molar-refractivity contribution is -0.138. The number of esters is 1. The first kappa shape index (κ1) is 15.1. The zero-order valence-corrected chi connectivity index (χ0v) is 13.9. The van der Waals surface area contributed by atoms with Gasteiger partial charge in [0.25, 0.3) is 0 Å². The van der Waals surface area contributed by atoms with Crippen molar-refractivity contribution in [2.24, 2.45) is 29.1 Å². The predicted octanol–water partition coefficient (Wildman–Crippen LogP) is 3.32. The molecule has 3 aliphatic rings. The zero-order valence-electron chi connectivity index (χ0n) is 13.9. The molecule has 0 heterocycles. The van der Waals surface area contributed by atoms with E-state index in [4.69, 9.17) is 4.74 Å². The number of rotatable bonds is 2. The Kier molecular flexibility index (Phi) is 3.29. The fourth-order valence-electron chi connectivity index (χ4n) is 5.92. The van der Waals surface area contributed by atoms with Crippen LogP contribution in [0.25, 0.3) is 0 Å². The summed E-state index contributed by atoms with van der Waals surface area (Å²) in [7, 11) is 0. The van der Waals surface area contributed by atoms with Crippen molar-refractivity contribution in [3.63, 3.8) is 0 Å². The summed E-state index contributed by atoms with van der Waals surface area (Å²) < 4.78 is 5.20. The molecule has 0 aromatic heterocycles. The molecule has 2 fully saturated rings. The lowest BCUT2D eigenvalue weighted by Gasteiger charge is -2.45. The van der Waals surface area contributed by atoms with E-state index in [1.807, 2.05) is 13.8 Å². The van der Waals surface area contributed by atoms with Gasteiger partial charge in [0, 0.05) is 5.57 Å². The first-order chi connectivity index (χ1) is 9.75. The van der Waals surface area contributed by atoms with Crippen molar-refractivity contribution >= 4 is 5.97 Å². The molecule has 2 saturated carbocycles. The van der Waals surface area contributed by atoms with E-state index in [-0.39, 0.29) is 23.2 Å². The van der Waals surface area contributed by atoms with Crippen molar-refractivity contribution in [3.8, 4) is 0 Å². The maximum atomic E-state index is 12.2. The maximum Gasteiger partial charge on any atom is 0.334 e. The molecule has 3 aliphatic carbocycles. The highest BCUT2D eigenvalue weighted by Crippen LogP contribution is 2.67. The van der Waals surface area contributed by atoms with Gasteiger partial charge in [0.2, 0.25) is 0 Å². The minimum Gasteiger partial charge on any atom is -0.463 e. The minimum absolute atomic E-state index is 0.130. The van der Waals surface area contributed by atoms with E-state index in [1.165, 1.54) is 12.8 Å². The second-order valence-corrected chi connectivity index (χ2v) is 7.99. The van der Waals surface area contributed by atoms with E-state index in [1.54, 1.807) is 0 Å². The molecule has 3 rings (SSSR count). The summed E-state index contributed by atoms with van der Waals surface area (Å²) in [5, 5.41) is 11.6. The van der Waals surface area contributed by atoms with E-state index in [0.29, 0.717) is 24.9 Å². The van der Waals surface area contributed by atoms with Crippen LogP contribution in [-0.2, 0) is 9.53 Å². The van der Waals surface area contributed by atoms with Crippen LogP contribution in [0.4, 0.5) is 0 Å². The average molecular weight is 292 g/mol. The van der Waals surface area contributed by atoms with Crippen molar-refractivity contribution in [2.45, 2.75) is 59.5 Å². The van der Waals surface area contributed by atoms with Gasteiger partial charge in [-0.15, -0.1) is 0 Å². The second kappa shape index (κ2) is 4.58. The predicted molar refractivity (Wildman–Crippen MR) is 81.5 cm³/mol. The van der Waals surface area contributed by atoms with Crippen LogP contribution in [0, 0.1) is 29.1 Å². The van der Waals surface area contributed by atoms with E-state index in [0.717, 1.165) is 11.1 Å². The van der Waals surface area contributed by atoms with Gasteiger partial charge in [-0.2, -0.15) is 0 Å². The summed E-state index contributed by atoms with van der Waals surface area (Å²) in [6, 6.07) is 0. The highest BCUT2D eigenvalue weighted by atomic mass is 16.5. The molecule has 0 aromatic rings. The largest absolute Gasteiger partial charge is 0.463 e. The van der Waals surface area contributed by atoms with Crippen LogP contribution in [-0.4, -0.2) is 23.3 Å². The lowest BCUT2D eigenvalue weighted by Crippen LogP contribution is -2.46. The smallest absolute Gasteiger partial charge is 0.334 e. The number of carbonyl (C=O) groups excluding carboxylic acids is 1. The molecule has 3 nitrogen and oxygen atoms in total. The van der Waals surface area contributed by atoms with Crippen LogP contribution >= 0.6 is 0 Å². The van der Waals surface area contributed by atoms with Crippen LogP contribution in [0.3, 0.4) is 0 Å². The standard InChI is InChI=1S/C18H28O3/c1-6-21-16(19)13-9-14-12-7-8-17(4,5)15(10(12)2)18(14,20)11(13)3/h10,12,14-15,20H,6-9H2,1-5H3/t10-,12-,14+,15-,18-/m0/s1. The minimum atomic E-state index is -0.799. The van der Waals surface area contributed by atoms with Gasteiger partial charge >= 0.3 is 5.97 Å². The maximum absolute atomic E-state index is 12.2. The summed E-state index contributed by atoms with van der Waals surface area (Å²) in [4.78, 5) is 12.2. The van der Waals surface area contributed by atoms with E-state index in [2.05, 4.69) is 20.8 Å². The molecular formula is C18H28O3. The summed E-state index contributed by atoms with van der Waals surface area (Å²) in [6.45, 7) is 11.0. The van der Waals surface area contributed by atoms with Crippen molar-refractivity contribution in [1.82, 2.24) is 0 Å². The summed E-state index contributed by atoms with van der Waals surface area (Å²) >= 11 is 0. The molecule has 0 amide bonds. The normalized spacial score (nSPS) is 43.9. The van der Waals surface area contributed by atoms with Crippen LogP contribution in [0.1, 0.15) is 53.9 Å². The highest BCUT2D eigenvalue weighted by molar-refractivity contribution is 5.90. The number of aliphatic hydroxyl groups is 1. The Morgan fingerprint density at radius 2 is 2.10 bits per heavy atom. The molecule has 0 unspecified atom stereocenters. The molecule has 21 heavy (non-hydrogen) atoms. The SMILES string of the molecule is CCOC(=O)C1=C(C)[C@]2(O)[C@H](C1)[C@H]1CCC(C)(C)[C@@H]2[C@H]1C.